The van der Waals surface area contributed by atoms with E-state index in [9.17, 15) is 4.79 Å². The van der Waals surface area contributed by atoms with Gasteiger partial charge < -0.3 is 10.1 Å². The summed E-state index contributed by atoms with van der Waals surface area (Å²) in [6.07, 6.45) is 5.80. The maximum absolute atomic E-state index is 12.9. The lowest BCUT2D eigenvalue weighted by Crippen LogP contribution is -2.29. The lowest BCUT2D eigenvalue weighted by Gasteiger charge is -2.17. The van der Waals surface area contributed by atoms with Crippen LogP contribution in [0.15, 0.2) is 72.1 Å². The molecule has 5 nitrogen and oxygen atoms in total. The molecule has 3 aromatic rings. The van der Waals surface area contributed by atoms with E-state index in [4.69, 9.17) is 4.74 Å². The van der Waals surface area contributed by atoms with Gasteiger partial charge in [0.1, 0.15) is 11.0 Å². The van der Waals surface area contributed by atoms with Gasteiger partial charge in [-0.2, -0.15) is 0 Å². The van der Waals surface area contributed by atoms with Crippen LogP contribution in [0.5, 0.6) is 5.75 Å². The highest BCUT2D eigenvalue weighted by atomic mass is 32.2. The third-order valence-electron chi connectivity index (χ3n) is 4.44. The van der Waals surface area contributed by atoms with Crippen LogP contribution in [0.3, 0.4) is 0 Å². The lowest BCUT2D eigenvalue weighted by atomic mass is 10.1. The fraction of sp³-hybridized carbons (Fsp3) is 0.238. The van der Waals surface area contributed by atoms with E-state index in [0.717, 1.165) is 35.0 Å². The summed E-state index contributed by atoms with van der Waals surface area (Å²) in [4.78, 5) is 17.4. The smallest absolute Gasteiger partial charge is 0.238 e. The van der Waals surface area contributed by atoms with Crippen molar-refractivity contribution < 1.29 is 9.53 Å². The Bertz CT molecular complexity index is 905. The van der Waals surface area contributed by atoms with Crippen LogP contribution in [0.4, 0.5) is 0 Å². The Hall–Kier alpha value is -2.73. The molecule has 1 amide bonds. The number of hydrogen-bond acceptors (Lipinski definition) is 4. The van der Waals surface area contributed by atoms with Gasteiger partial charge in [0.05, 0.1) is 7.11 Å². The summed E-state index contributed by atoms with van der Waals surface area (Å²) in [5.74, 6) is 0.844. The van der Waals surface area contributed by atoms with Crippen molar-refractivity contribution in [3.63, 3.8) is 0 Å². The van der Waals surface area contributed by atoms with E-state index in [2.05, 4.69) is 10.3 Å². The van der Waals surface area contributed by atoms with Gasteiger partial charge in [-0.15, -0.1) is 0 Å². The van der Waals surface area contributed by atoms with Crippen LogP contribution < -0.4 is 10.1 Å². The van der Waals surface area contributed by atoms with Crippen molar-refractivity contribution in [1.29, 1.82) is 0 Å². The van der Waals surface area contributed by atoms with Gasteiger partial charge in [0.15, 0.2) is 5.16 Å². The SMILES string of the molecule is COc1ccc(-n2ccnc2S[C@@H](C(=O)NC2CC2)c2ccccc2)cc1. The number of hydrogen-bond donors (Lipinski definition) is 1. The summed E-state index contributed by atoms with van der Waals surface area (Å²) in [7, 11) is 1.65. The first-order valence-corrected chi connectivity index (χ1v) is 9.82. The molecule has 1 aliphatic rings. The molecule has 0 saturated heterocycles. The average molecular weight is 379 g/mol. The number of carbonyl (C=O) groups excluding carboxylic acids is 1. The van der Waals surface area contributed by atoms with Gasteiger partial charge in [-0.25, -0.2) is 4.98 Å². The topological polar surface area (TPSA) is 56.2 Å². The highest BCUT2D eigenvalue weighted by Crippen LogP contribution is 2.36. The van der Waals surface area contributed by atoms with Gasteiger partial charge >= 0.3 is 0 Å². The number of methoxy groups -OCH3 is 1. The van der Waals surface area contributed by atoms with Gasteiger partial charge in [-0.05, 0) is 42.7 Å². The third kappa shape index (κ3) is 4.17. The van der Waals surface area contributed by atoms with E-state index < -0.39 is 0 Å². The predicted molar refractivity (Wildman–Crippen MR) is 106 cm³/mol. The second kappa shape index (κ2) is 7.88. The summed E-state index contributed by atoms with van der Waals surface area (Å²) in [5, 5.41) is 3.56. The second-order valence-electron chi connectivity index (χ2n) is 6.47. The van der Waals surface area contributed by atoms with E-state index >= 15 is 0 Å². The van der Waals surface area contributed by atoms with E-state index in [1.165, 1.54) is 11.8 Å². The predicted octanol–water partition coefficient (Wildman–Crippen LogP) is 3.99. The van der Waals surface area contributed by atoms with Crippen molar-refractivity contribution in [3.8, 4) is 11.4 Å². The van der Waals surface area contributed by atoms with Crippen LogP contribution in [-0.4, -0.2) is 28.6 Å². The molecule has 1 aliphatic carbocycles. The van der Waals surface area contributed by atoms with Crippen LogP contribution in [0.1, 0.15) is 23.7 Å². The number of benzene rings is 2. The minimum Gasteiger partial charge on any atom is -0.497 e. The van der Waals surface area contributed by atoms with E-state index in [1.807, 2.05) is 65.4 Å². The number of imidazole rings is 1. The van der Waals surface area contributed by atoms with E-state index in [0.29, 0.717) is 6.04 Å². The number of thioether (sulfide) groups is 1. The molecule has 0 spiro atoms. The standard InChI is InChI=1S/C21H21N3O2S/c1-26-18-11-9-17(10-12-18)24-14-13-22-21(24)27-19(15-5-3-2-4-6-15)20(25)23-16-7-8-16/h2-6,9-14,16,19H,7-8H2,1H3,(H,23,25)/t19-/m1/s1. The van der Waals surface area contributed by atoms with E-state index in [-0.39, 0.29) is 11.2 Å². The molecule has 6 heteroatoms. The Morgan fingerprint density at radius 2 is 1.93 bits per heavy atom. The zero-order valence-electron chi connectivity index (χ0n) is 15.0. The van der Waals surface area contributed by atoms with Crippen LogP contribution >= 0.6 is 11.8 Å². The zero-order valence-corrected chi connectivity index (χ0v) is 15.9. The van der Waals surface area contributed by atoms with Crippen molar-refractivity contribution in [2.45, 2.75) is 29.3 Å². The Morgan fingerprint density at radius 1 is 1.19 bits per heavy atom. The fourth-order valence-corrected chi connectivity index (χ4v) is 3.91. The highest BCUT2D eigenvalue weighted by molar-refractivity contribution is 8.00. The molecule has 1 saturated carbocycles. The summed E-state index contributed by atoms with van der Waals surface area (Å²) in [6, 6.07) is 18.0. The molecule has 1 atom stereocenters. The van der Waals surface area contributed by atoms with Gasteiger partial charge in [0.25, 0.3) is 0 Å². The van der Waals surface area contributed by atoms with Crippen molar-refractivity contribution in [1.82, 2.24) is 14.9 Å². The lowest BCUT2D eigenvalue weighted by molar-refractivity contribution is -0.120. The Kier molecular flexibility index (Phi) is 5.16. The highest BCUT2D eigenvalue weighted by Gasteiger charge is 2.30. The summed E-state index contributed by atoms with van der Waals surface area (Å²) in [6.45, 7) is 0. The molecule has 1 aromatic heterocycles. The van der Waals surface area contributed by atoms with Crippen LogP contribution in [0.25, 0.3) is 5.69 Å². The normalized spacial score (nSPS) is 14.6. The van der Waals surface area contributed by atoms with Crippen LogP contribution in [0, 0.1) is 0 Å². The van der Waals surface area contributed by atoms with Crippen LogP contribution in [0.2, 0.25) is 0 Å². The Morgan fingerprint density at radius 3 is 2.59 bits per heavy atom. The average Bonchev–Trinajstić information content (AvgIpc) is 3.40. The fourth-order valence-electron chi connectivity index (χ4n) is 2.83. The first-order valence-electron chi connectivity index (χ1n) is 8.94. The zero-order chi connectivity index (χ0) is 18.6. The summed E-state index contributed by atoms with van der Waals surface area (Å²) < 4.78 is 7.22. The van der Waals surface area contributed by atoms with Gasteiger partial charge in [-0.3, -0.25) is 9.36 Å². The molecule has 0 radical (unpaired) electrons. The second-order valence-corrected chi connectivity index (χ2v) is 7.54. The maximum Gasteiger partial charge on any atom is 0.238 e. The molecule has 4 rings (SSSR count). The number of ether oxygens (including phenoxy) is 1. The molecular formula is C21H21N3O2S. The Labute approximate surface area is 162 Å². The van der Waals surface area contributed by atoms with Crippen LogP contribution in [-0.2, 0) is 4.79 Å². The maximum atomic E-state index is 12.9. The summed E-state index contributed by atoms with van der Waals surface area (Å²) >= 11 is 1.47. The first-order chi connectivity index (χ1) is 13.2. The molecular weight excluding hydrogens is 358 g/mol. The molecule has 27 heavy (non-hydrogen) atoms. The molecule has 1 N–H and O–H groups in total. The number of aromatic nitrogens is 2. The third-order valence-corrected chi connectivity index (χ3v) is 5.68. The first kappa shape index (κ1) is 17.7. The number of amides is 1. The molecule has 0 unspecified atom stereocenters. The molecule has 138 valence electrons. The van der Waals surface area contributed by atoms with Crippen molar-refractivity contribution in [3.05, 3.63) is 72.6 Å². The number of nitrogens with one attached hydrogen (secondary N) is 1. The van der Waals surface area contributed by atoms with Gasteiger partial charge in [0.2, 0.25) is 5.91 Å². The van der Waals surface area contributed by atoms with Gasteiger partial charge in [0, 0.05) is 24.1 Å². The quantitative estimate of drug-likeness (QED) is 0.631. The minimum absolute atomic E-state index is 0.0398. The molecule has 0 bridgehead atoms. The van der Waals surface area contributed by atoms with E-state index in [1.54, 1.807) is 13.3 Å². The van der Waals surface area contributed by atoms with Gasteiger partial charge in [-0.1, -0.05) is 42.1 Å². The van der Waals surface area contributed by atoms with Crippen molar-refractivity contribution in [2.24, 2.45) is 0 Å². The number of carbonyl (C=O) groups is 1. The molecule has 1 heterocycles. The molecule has 0 aliphatic heterocycles. The van der Waals surface area contributed by atoms with Crippen molar-refractivity contribution >= 4 is 17.7 Å². The van der Waals surface area contributed by atoms with Crippen molar-refractivity contribution in [2.75, 3.05) is 7.11 Å². The summed E-state index contributed by atoms with van der Waals surface area (Å²) in [5.41, 5.74) is 1.95. The largest absolute Gasteiger partial charge is 0.497 e. The number of rotatable bonds is 7. The molecule has 1 fully saturated rings. The monoisotopic (exact) mass is 379 g/mol. The minimum atomic E-state index is -0.341. The molecule has 2 aromatic carbocycles. The Balaban J connectivity index is 1.61. The number of nitrogens with zero attached hydrogens (tertiary/aromatic N) is 2.